The van der Waals surface area contributed by atoms with Crippen LogP contribution in [0.4, 0.5) is 15.3 Å². The molecule has 0 aromatic heterocycles. The molecule has 2 atom stereocenters. The summed E-state index contributed by atoms with van der Waals surface area (Å²) in [6, 6.07) is 24.5. The van der Waals surface area contributed by atoms with Gasteiger partial charge in [-0.3, -0.25) is 4.90 Å². The lowest BCUT2D eigenvalue weighted by Gasteiger charge is -2.35. The number of hydrogen-bond acceptors (Lipinski definition) is 10. The number of rotatable bonds is 18. The van der Waals surface area contributed by atoms with E-state index in [1.54, 1.807) is 86.6 Å². The van der Waals surface area contributed by atoms with Crippen molar-refractivity contribution in [2.24, 2.45) is 0 Å². The molecule has 0 heterocycles. The van der Waals surface area contributed by atoms with Gasteiger partial charge in [0.1, 0.15) is 37.9 Å². The quantitative estimate of drug-likeness (QED) is 0.0861. The number of esters is 2. The van der Waals surface area contributed by atoms with Crippen molar-refractivity contribution in [3.63, 3.8) is 0 Å². The average Bonchev–Trinajstić information content (AvgIpc) is 3.10. The van der Waals surface area contributed by atoms with Gasteiger partial charge in [0, 0.05) is 23.3 Å². The zero-order chi connectivity index (χ0) is 37.4. The zero-order valence-electron chi connectivity index (χ0n) is 29.7. The monoisotopic (exact) mass is 702 g/mol. The fourth-order valence-electron chi connectivity index (χ4n) is 4.67. The van der Waals surface area contributed by atoms with Crippen molar-refractivity contribution in [2.45, 2.75) is 58.4 Å². The van der Waals surface area contributed by atoms with Crippen LogP contribution in [-0.2, 0) is 34.1 Å². The highest BCUT2D eigenvalue weighted by atomic mass is 16.6. The first kappa shape index (κ1) is 39.7. The van der Waals surface area contributed by atoms with Crippen LogP contribution < -0.4 is 19.7 Å². The van der Waals surface area contributed by atoms with Gasteiger partial charge in [0.05, 0.1) is 11.2 Å². The van der Waals surface area contributed by atoms with Crippen LogP contribution >= 0.6 is 0 Å². The average molecular weight is 703 g/mol. The Labute approximate surface area is 298 Å². The summed E-state index contributed by atoms with van der Waals surface area (Å²) in [4.78, 5) is 52.6. The third-order valence-corrected chi connectivity index (χ3v) is 7.19. The first-order valence-corrected chi connectivity index (χ1v) is 16.4. The van der Waals surface area contributed by atoms with Crippen LogP contribution in [0.2, 0.25) is 0 Å². The van der Waals surface area contributed by atoms with Crippen molar-refractivity contribution in [3.05, 3.63) is 115 Å². The number of alkyl carbamates (subject to hydrolysis) is 1. The Kier molecular flexibility index (Phi) is 15.1. The molecule has 0 fully saturated rings. The number of para-hydroxylation sites is 3. The predicted molar refractivity (Wildman–Crippen MR) is 192 cm³/mol. The molecule has 1 N–H and O–H groups in total. The summed E-state index contributed by atoms with van der Waals surface area (Å²) < 4.78 is 33.6. The number of anilines is 1. The highest BCUT2D eigenvalue weighted by Gasteiger charge is 2.33. The molecule has 0 saturated carbocycles. The molecule has 0 bridgehead atoms. The Morgan fingerprint density at radius 2 is 1.27 bits per heavy atom. The van der Waals surface area contributed by atoms with Gasteiger partial charge in [-0.25, -0.2) is 19.2 Å². The molecule has 12 nitrogen and oxygen atoms in total. The molecule has 0 aliphatic carbocycles. The number of nitrogens with one attached hydrogen (secondary N) is 1. The highest BCUT2D eigenvalue weighted by Crippen LogP contribution is 2.32. The Morgan fingerprint density at radius 3 is 1.80 bits per heavy atom. The standard InChI is InChI=1S/C39H46N2O10/c1-8-35(42)48-25-31(23-46-29-17-11-9-12-18-29)50-37(44)40-39(6,7)33-21-15-16-22-34(33)41(28(4)5)38(45)51-32(26-49-36(43)27(2)3)24-47-30-19-13-10-14-20-30/h8-22,28,31-32H,1-2,23-26H2,3-7H3,(H,40,44). The van der Waals surface area contributed by atoms with E-state index in [0.29, 0.717) is 22.7 Å². The lowest BCUT2D eigenvalue weighted by molar-refractivity contribution is -0.142. The maximum atomic E-state index is 13.9. The maximum Gasteiger partial charge on any atom is 0.415 e. The van der Waals surface area contributed by atoms with Crippen LogP contribution in [0.3, 0.4) is 0 Å². The van der Waals surface area contributed by atoms with Crippen LogP contribution in [-0.4, -0.2) is 68.8 Å². The minimum Gasteiger partial charge on any atom is -0.490 e. The summed E-state index contributed by atoms with van der Waals surface area (Å²) >= 11 is 0. The van der Waals surface area contributed by atoms with Gasteiger partial charge < -0.3 is 33.7 Å². The van der Waals surface area contributed by atoms with Crippen LogP contribution in [0.25, 0.3) is 0 Å². The smallest absolute Gasteiger partial charge is 0.415 e. The first-order chi connectivity index (χ1) is 24.3. The van der Waals surface area contributed by atoms with Crippen molar-refractivity contribution in [2.75, 3.05) is 31.3 Å². The van der Waals surface area contributed by atoms with Crippen molar-refractivity contribution >= 4 is 29.8 Å². The number of benzene rings is 3. The maximum absolute atomic E-state index is 13.9. The lowest BCUT2D eigenvalue weighted by Crippen LogP contribution is -2.47. The van der Waals surface area contributed by atoms with Crippen molar-refractivity contribution < 1.29 is 47.6 Å². The minimum atomic E-state index is -1.10. The molecular weight excluding hydrogens is 656 g/mol. The normalized spacial score (nSPS) is 12.0. The van der Waals surface area contributed by atoms with Crippen molar-refractivity contribution in [3.8, 4) is 11.5 Å². The van der Waals surface area contributed by atoms with Gasteiger partial charge in [0.15, 0.2) is 12.2 Å². The third kappa shape index (κ3) is 12.9. The highest BCUT2D eigenvalue weighted by molar-refractivity contribution is 5.90. The summed E-state index contributed by atoms with van der Waals surface area (Å²) in [5.41, 5.74) is 0.112. The van der Waals surface area contributed by atoms with E-state index >= 15 is 0 Å². The van der Waals surface area contributed by atoms with Gasteiger partial charge in [-0.1, -0.05) is 67.8 Å². The fourth-order valence-corrected chi connectivity index (χ4v) is 4.67. The fraction of sp³-hybridized carbons (Fsp3) is 0.333. The summed E-state index contributed by atoms with van der Waals surface area (Å²) in [5, 5.41) is 2.86. The van der Waals surface area contributed by atoms with E-state index in [1.165, 1.54) is 11.8 Å². The van der Waals surface area contributed by atoms with Crippen molar-refractivity contribution in [1.29, 1.82) is 0 Å². The number of hydrogen-bond donors (Lipinski definition) is 1. The number of nitrogens with zero attached hydrogens (tertiary/aromatic N) is 1. The molecule has 3 aromatic rings. The minimum absolute atomic E-state index is 0.0943. The Hall–Kier alpha value is -5.78. The summed E-state index contributed by atoms with van der Waals surface area (Å²) in [6.45, 7) is 14.9. The second-order valence-corrected chi connectivity index (χ2v) is 12.2. The van der Waals surface area contributed by atoms with E-state index < -0.39 is 47.9 Å². The topological polar surface area (TPSA) is 139 Å². The predicted octanol–water partition coefficient (Wildman–Crippen LogP) is 6.74. The molecule has 0 radical (unpaired) electrons. The molecule has 0 saturated heterocycles. The number of ether oxygens (including phenoxy) is 6. The molecule has 12 heteroatoms. The summed E-state index contributed by atoms with van der Waals surface area (Å²) in [5.74, 6) is -0.224. The van der Waals surface area contributed by atoms with Crippen LogP contribution in [0.1, 0.15) is 40.2 Å². The molecule has 272 valence electrons. The van der Waals surface area contributed by atoms with Gasteiger partial charge in [0.2, 0.25) is 0 Å². The third-order valence-electron chi connectivity index (χ3n) is 7.19. The molecule has 0 spiro atoms. The first-order valence-electron chi connectivity index (χ1n) is 16.4. The van der Waals surface area contributed by atoms with Gasteiger partial charge in [-0.15, -0.1) is 0 Å². The molecule has 3 aromatic carbocycles. The van der Waals surface area contributed by atoms with E-state index in [9.17, 15) is 19.2 Å². The lowest BCUT2D eigenvalue weighted by atomic mass is 9.92. The van der Waals surface area contributed by atoms with Crippen LogP contribution in [0.15, 0.2) is 110 Å². The SMILES string of the molecule is C=CC(=O)OCC(COc1ccccc1)OC(=O)NC(C)(C)c1ccccc1N(C(=O)OC(COC(=O)C(=C)C)COc1ccccc1)C(C)C. The number of carbonyl (C=O) groups is 4. The molecule has 2 amide bonds. The van der Waals surface area contributed by atoms with E-state index in [4.69, 9.17) is 28.4 Å². The van der Waals surface area contributed by atoms with Gasteiger partial charge in [-0.05, 0) is 65.0 Å². The van der Waals surface area contributed by atoms with E-state index in [1.807, 2.05) is 26.0 Å². The summed E-state index contributed by atoms with van der Waals surface area (Å²) in [6.07, 6.45) is -2.47. The molecule has 2 unspecified atom stereocenters. The summed E-state index contributed by atoms with van der Waals surface area (Å²) in [7, 11) is 0. The number of carbonyl (C=O) groups excluding carboxylic acids is 4. The van der Waals surface area contributed by atoms with Crippen LogP contribution in [0, 0.1) is 0 Å². The van der Waals surface area contributed by atoms with E-state index in [2.05, 4.69) is 18.5 Å². The van der Waals surface area contributed by atoms with E-state index in [0.717, 1.165) is 6.08 Å². The Balaban J connectivity index is 1.80. The molecule has 51 heavy (non-hydrogen) atoms. The molecule has 0 aliphatic rings. The Morgan fingerprint density at radius 1 is 0.765 bits per heavy atom. The molecule has 0 aliphatic heterocycles. The van der Waals surface area contributed by atoms with E-state index in [-0.39, 0.29) is 32.0 Å². The van der Waals surface area contributed by atoms with Gasteiger partial charge in [-0.2, -0.15) is 0 Å². The largest absolute Gasteiger partial charge is 0.490 e. The zero-order valence-corrected chi connectivity index (χ0v) is 29.7. The van der Waals surface area contributed by atoms with Crippen LogP contribution in [0.5, 0.6) is 11.5 Å². The second kappa shape index (κ2) is 19.4. The molecular formula is C39H46N2O10. The Bertz CT molecular complexity index is 1630. The van der Waals surface area contributed by atoms with Crippen molar-refractivity contribution in [1.82, 2.24) is 5.32 Å². The number of amides is 2. The second-order valence-electron chi connectivity index (χ2n) is 12.2. The molecule has 3 rings (SSSR count). The van der Waals surface area contributed by atoms with Gasteiger partial charge in [0.25, 0.3) is 0 Å². The van der Waals surface area contributed by atoms with Gasteiger partial charge >= 0.3 is 24.1 Å².